The van der Waals surface area contributed by atoms with Crippen molar-refractivity contribution in [3.63, 3.8) is 0 Å². The quantitative estimate of drug-likeness (QED) is 0.418. The summed E-state index contributed by atoms with van der Waals surface area (Å²) in [5, 5.41) is 23.9. The molecule has 0 spiro atoms. The highest BCUT2D eigenvalue weighted by atomic mass is 16.5. The van der Waals surface area contributed by atoms with Crippen molar-refractivity contribution < 1.29 is 19.4 Å². The molecule has 35 heavy (non-hydrogen) atoms. The van der Waals surface area contributed by atoms with E-state index in [4.69, 9.17) is 4.74 Å². The van der Waals surface area contributed by atoms with Gasteiger partial charge in [-0.15, -0.1) is 10.2 Å². The molecule has 0 atom stereocenters. The predicted octanol–water partition coefficient (Wildman–Crippen LogP) is 4.24. The molecule has 1 aliphatic rings. The van der Waals surface area contributed by atoms with Crippen LogP contribution in [-0.4, -0.2) is 46.1 Å². The van der Waals surface area contributed by atoms with Crippen molar-refractivity contribution in [3.8, 4) is 5.75 Å². The molecule has 0 radical (unpaired) electrons. The van der Waals surface area contributed by atoms with E-state index in [1.807, 2.05) is 32.9 Å². The number of amides is 1. The van der Waals surface area contributed by atoms with Crippen molar-refractivity contribution in [3.05, 3.63) is 65.7 Å². The van der Waals surface area contributed by atoms with Crippen LogP contribution in [0.1, 0.15) is 37.6 Å². The van der Waals surface area contributed by atoms with Gasteiger partial charge in [-0.1, -0.05) is 24.3 Å². The van der Waals surface area contributed by atoms with Crippen molar-refractivity contribution in [1.82, 2.24) is 15.3 Å². The minimum atomic E-state index is -0.537. The first kappa shape index (κ1) is 23.8. The molecule has 1 amide bonds. The van der Waals surface area contributed by atoms with Crippen LogP contribution in [0, 0.1) is 0 Å². The standard InChI is InChI=1S/C25H26N6O4/c1-25(2,3)28-22(33)18-14-15-8-5-6-9-16(15)19(20(18)32)29-30-21-17(23(34)35-4)10-13-31(21)24-26-11-7-12-27-24/h5-9,11-12,14,32H,10,13H2,1-4H3,(H,28,33)/b30-29+. The molecule has 4 rings (SSSR count). The summed E-state index contributed by atoms with van der Waals surface area (Å²) in [7, 11) is 1.29. The highest BCUT2D eigenvalue weighted by Crippen LogP contribution is 2.40. The van der Waals surface area contributed by atoms with Crippen LogP contribution < -0.4 is 10.2 Å². The first-order valence-corrected chi connectivity index (χ1v) is 11.0. The maximum Gasteiger partial charge on any atom is 0.337 e. The molecule has 1 aliphatic heterocycles. The number of aromatic hydroxyl groups is 1. The van der Waals surface area contributed by atoms with Gasteiger partial charge in [0.05, 0.1) is 18.2 Å². The lowest BCUT2D eigenvalue weighted by Gasteiger charge is -2.21. The summed E-state index contributed by atoms with van der Waals surface area (Å²) in [5.41, 5.74) is -0.00449. The van der Waals surface area contributed by atoms with E-state index in [0.29, 0.717) is 35.3 Å². The van der Waals surface area contributed by atoms with Crippen molar-refractivity contribution in [2.24, 2.45) is 10.2 Å². The van der Waals surface area contributed by atoms with E-state index in [-0.39, 0.29) is 22.8 Å². The summed E-state index contributed by atoms with van der Waals surface area (Å²) < 4.78 is 4.92. The minimum absolute atomic E-state index is 0.0735. The van der Waals surface area contributed by atoms with Gasteiger partial charge in [-0.3, -0.25) is 9.69 Å². The fourth-order valence-corrected chi connectivity index (χ4v) is 3.76. The number of hydrogen-bond acceptors (Lipinski definition) is 9. The van der Waals surface area contributed by atoms with E-state index < -0.39 is 17.4 Å². The van der Waals surface area contributed by atoms with Gasteiger partial charge in [0.15, 0.2) is 11.6 Å². The number of ether oxygens (including phenoxy) is 1. The molecular weight excluding hydrogens is 448 g/mol. The summed E-state index contributed by atoms with van der Waals surface area (Å²) >= 11 is 0. The number of carbonyl (C=O) groups is 2. The second kappa shape index (κ2) is 9.49. The van der Waals surface area contributed by atoms with Gasteiger partial charge in [-0.05, 0) is 38.3 Å². The highest BCUT2D eigenvalue weighted by Gasteiger charge is 2.31. The van der Waals surface area contributed by atoms with E-state index in [1.54, 1.807) is 41.6 Å². The first-order chi connectivity index (χ1) is 16.7. The van der Waals surface area contributed by atoms with Crippen LogP contribution in [0.3, 0.4) is 0 Å². The number of hydrogen-bond donors (Lipinski definition) is 2. The number of phenolic OH excluding ortho intramolecular Hbond substituents is 1. The first-order valence-electron chi connectivity index (χ1n) is 11.0. The smallest absolute Gasteiger partial charge is 0.337 e. The molecule has 0 fully saturated rings. The number of azo groups is 1. The number of anilines is 1. The van der Waals surface area contributed by atoms with Gasteiger partial charge >= 0.3 is 5.97 Å². The van der Waals surface area contributed by atoms with Crippen LogP contribution in [0.5, 0.6) is 5.75 Å². The Morgan fingerprint density at radius 1 is 1.11 bits per heavy atom. The highest BCUT2D eigenvalue weighted by molar-refractivity contribution is 6.07. The Hall–Kier alpha value is -4.34. The molecule has 0 saturated heterocycles. The van der Waals surface area contributed by atoms with Crippen LogP contribution >= 0.6 is 0 Å². The molecular formula is C25H26N6O4. The second-order valence-electron chi connectivity index (χ2n) is 8.99. The fourth-order valence-electron chi connectivity index (χ4n) is 3.76. The number of nitrogens with zero attached hydrogens (tertiary/aromatic N) is 5. The van der Waals surface area contributed by atoms with E-state index >= 15 is 0 Å². The van der Waals surface area contributed by atoms with E-state index in [2.05, 4.69) is 25.5 Å². The number of phenols is 1. The molecule has 2 N–H and O–H groups in total. The van der Waals surface area contributed by atoms with Crippen molar-refractivity contribution >= 4 is 34.3 Å². The van der Waals surface area contributed by atoms with Crippen LogP contribution in [0.15, 0.2) is 70.4 Å². The third-order valence-electron chi connectivity index (χ3n) is 5.31. The minimum Gasteiger partial charge on any atom is -0.505 e. The van der Waals surface area contributed by atoms with Crippen LogP contribution in [0.4, 0.5) is 11.6 Å². The number of fused-ring (bicyclic) bond motifs is 1. The SMILES string of the molecule is COC(=O)C1=C(/N=N/c2c(O)c(C(=O)NC(C)(C)C)cc3ccccc23)N(c2ncccn2)CC1. The van der Waals surface area contributed by atoms with Gasteiger partial charge in [-0.2, -0.15) is 0 Å². The Kier molecular flexibility index (Phi) is 6.46. The van der Waals surface area contributed by atoms with Crippen molar-refractivity contribution in [1.29, 1.82) is 0 Å². The molecule has 0 saturated carbocycles. The third-order valence-corrected chi connectivity index (χ3v) is 5.31. The number of methoxy groups -OCH3 is 1. The molecule has 10 nitrogen and oxygen atoms in total. The largest absolute Gasteiger partial charge is 0.505 e. The van der Waals surface area contributed by atoms with Crippen LogP contribution in [-0.2, 0) is 9.53 Å². The molecule has 2 heterocycles. The van der Waals surface area contributed by atoms with Gasteiger partial charge in [0.25, 0.3) is 5.91 Å². The third kappa shape index (κ3) is 4.96. The predicted molar refractivity (Wildman–Crippen MR) is 130 cm³/mol. The number of carbonyl (C=O) groups excluding carboxylic acids is 2. The Labute approximate surface area is 202 Å². The number of nitrogens with one attached hydrogen (secondary N) is 1. The maximum atomic E-state index is 12.9. The molecule has 1 aromatic heterocycles. The molecule has 0 bridgehead atoms. The van der Waals surface area contributed by atoms with Crippen molar-refractivity contribution in [2.75, 3.05) is 18.6 Å². The Bertz CT molecular complexity index is 1350. The van der Waals surface area contributed by atoms with Crippen molar-refractivity contribution in [2.45, 2.75) is 32.7 Å². The number of rotatable bonds is 5. The second-order valence-corrected chi connectivity index (χ2v) is 8.99. The molecule has 180 valence electrons. The average Bonchev–Trinajstić information content (AvgIpc) is 3.26. The normalized spacial score (nSPS) is 14.1. The molecule has 10 heteroatoms. The maximum absolute atomic E-state index is 12.9. The number of benzene rings is 2. The summed E-state index contributed by atoms with van der Waals surface area (Å²) in [6.07, 6.45) is 3.54. The van der Waals surface area contributed by atoms with Gasteiger partial charge < -0.3 is 15.2 Å². The number of esters is 1. The number of aromatic nitrogens is 2. The lowest BCUT2D eigenvalue weighted by molar-refractivity contribution is -0.136. The lowest BCUT2D eigenvalue weighted by Crippen LogP contribution is -2.40. The average molecular weight is 475 g/mol. The lowest BCUT2D eigenvalue weighted by atomic mass is 10.0. The monoisotopic (exact) mass is 474 g/mol. The topological polar surface area (TPSA) is 129 Å². The summed E-state index contributed by atoms with van der Waals surface area (Å²) in [4.78, 5) is 35.5. The van der Waals surface area contributed by atoms with E-state index in [0.717, 1.165) is 0 Å². The Balaban J connectivity index is 1.84. The van der Waals surface area contributed by atoms with E-state index in [1.165, 1.54) is 7.11 Å². The van der Waals surface area contributed by atoms with E-state index in [9.17, 15) is 14.7 Å². The molecule has 3 aromatic rings. The Morgan fingerprint density at radius 2 is 1.83 bits per heavy atom. The molecule has 2 aromatic carbocycles. The summed E-state index contributed by atoms with van der Waals surface area (Å²) in [6.45, 7) is 5.96. The summed E-state index contributed by atoms with van der Waals surface area (Å²) in [6, 6.07) is 10.5. The van der Waals surface area contributed by atoms with Crippen LogP contribution in [0.25, 0.3) is 10.8 Å². The molecule has 0 aliphatic carbocycles. The van der Waals surface area contributed by atoms with Gasteiger partial charge in [0, 0.05) is 36.3 Å². The van der Waals surface area contributed by atoms with Crippen LogP contribution in [0.2, 0.25) is 0 Å². The zero-order valence-electron chi connectivity index (χ0n) is 19.9. The van der Waals surface area contributed by atoms with Gasteiger partial charge in [0.2, 0.25) is 5.95 Å². The van der Waals surface area contributed by atoms with Gasteiger partial charge in [-0.25, -0.2) is 14.8 Å². The zero-order valence-corrected chi connectivity index (χ0v) is 19.9. The zero-order chi connectivity index (χ0) is 25.2. The fraction of sp³-hybridized carbons (Fsp3) is 0.280. The van der Waals surface area contributed by atoms with Gasteiger partial charge in [0.1, 0.15) is 5.69 Å². The molecule has 0 unspecified atom stereocenters. The Morgan fingerprint density at radius 3 is 2.51 bits per heavy atom. The summed E-state index contributed by atoms with van der Waals surface area (Å²) in [5.74, 6) is -0.713.